The van der Waals surface area contributed by atoms with Crippen LogP contribution < -0.4 is 10.6 Å². The molecule has 8 saturated carbocycles. The number of carbonyl (C=O) groups excluding carboxylic acids is 3. The van der Waals surface area contributed by atoms with Crippen molar-refractivity contribution in [2.75, 3.05) is 0 Å². The van der Waals surface area contributed by atoms with Gasteiger partial charge >= 0.3 is 0 Å². The third kappa shape index (κ3) is 6.60. The highest BCUT2D eigenvalue weighted by Crippen LogP contribution is 2.57. The summed E-state index contributed by atoms with van der Waals surface area (Å²) < 4.78 is 3.52. The van der Waals surface area contributed by atoms with E-state index in [1.165, 1.54) is 44.7 Å². The van der Waals surface area contributed by atoms with Crippen LogP contribution in [-0.2, 0) is 0 Å². The number of imidazole rings is 2. The average molecular weight is 803 g/mol. The number of pyridine rings is 4. The summed E-state index contributed by atoms with van der Waals surface area (Å²) in [4.78, 5) is 57.2. The van der Waals surface area contributed by atoms with Crippen molar-refractivity contribution in [1.82, 2.24) is 39.4 Å². The molecule has 8 fully saturated rings. The summed E-state index contributed by atoms with van der Waals surface area (Å²) in [7, 11) is 0. The van der Waals surface area contributed by atoms with E-state index in [0.29, 0.717) is 33.9 Å². The fourth-order valence-corrected chi connectivity index (χ4v) is 13.2. The SMILES string of the molecule is O=C(NC12CC3CC(CC(C3)C1)C2)c1nc(C(=O)c2cccnc2)n2ccccc12.O=C(NC12CC3CC(CC(C3)C1)C2)c1nc(C(O)c2cccnc2)n2ccccc12. The first kappa shape index (κ1) is 37.3. The van der Waals surface area contributed by atoms with Crippen LogP contribution in [0.15, 0.2) is 97.8 Å². The molecule has 14 rings (SSSR count). The number of amides is 2. The second kappa shape index (κ2) is 14.5. The summed E-state index contributed by atoms with van der Waals surface area (Å²) in [5, 5.41) is 17.7. The van der Waals surface area contributed by atoms with Gasteiger partial charge in [0.15, 0.2) is 17.2 Å². The second-order valence-corrected chi connectivity index (χ2v) is 19.1. The molecule has 0 radical (unpaired) electrons. The lowest BCUT2D eigenvalue weighted by Crippen LogP contribution is -2.59. The summed E-state index contributed by atoms with van der Waals surface area (Å²) in [6.07, 6.45) is 23.7. The number of aliphatic hydroxyl groups is 1. The Balaban J connectivity index is 0.000000136. The van der Waals surface area contributed by atoms with Crippen molar-refractivity contribution < 1.29 is 19.5 Å². The molecule has 0 saturated heterocycles. The Morgan fingerprint density at radius 1 is 0.600 bits per heavy atom. The molecule has 6 heterocycles. The standard InChI is InChI=1S/C24H26N4O2.C24H24N4O2/c2*29-21(18-4-3-6-25-14-18)22-26-20(19-5-1-2-7-28(19)22)23(30)27-24-11-15-8-16(12-24)10-17(9-15)13-24/h1-7,14-17,21,29H,8-13H2,(H,27,30);1-7,14-17H,8-13H2,(H,27,30). The quantitative estimate of drug-likeness (QED) is 0.137. The van der Waals surface area contributed by atoms with Crippen LogP contribution in [0.25, 0.3) is 11.0 Å². The normalized spacial score (nSPS) is 29.9. The molecule has 1 atom stereocenters. The van der Waals surface area contributed by atoms with Gasteiger partial charge in [0.05, 0.1) is 11.0 Å². The van der Waals surface area contributed by atoms with Crippen molar-refractivity contribution >= 4 is 28.6 Å². The molecule has 0 spiro atoms. The van der Waals surface area contributed by atoms with Gasteiger partial charge in [0.2, 0.25) is 5.78 Å². The zero-order chi connectivity index (χ0) is 40.6. The van der Waals surface area contributed by atoms with Crippen LogP contribution in [0, 0.1) is 35.5 Å². The van der Waals surface area contributed by atoms with Crippen molar-refractivity contribution in [1.29, 1.82) is 0 Å². The van der Waals surface area contributed by atoms with Crippen LogP contribution in [0.4, 0.5) is 0 Å². The Morgan fingerprint density at radius 3 is 1.58 bits per heavy atom. The maximum atomic E-state index is 13.4. The van der Waals surface area contributed by atoms with E-state index in [4.69, 9.17) is 0 Å². The van der Waals surface area contributed by atoms with E-state index in [9.17, 15) is 19.5 Å². The average Bonchev–Trinajstić information content (AvgIpc) is 3.83. The third-order valence-corrected chi connectivity index (χ3v) is 14.8. The Morgan fingerprint density at radius 2 is 1.08 bits per heavy atom. The Labute approximate surface area is 348 Å². The molecular formula is C48H50N8O4. The predicted molar refractivity (Wildman–Crippen MR) is 223 cm³/mol. The minimum atomic E-state index is -0.949. The summed E-state index contributed by atoms with van der Waals surface area (Å²) in [6.45, 7) is 0. The van der Waals surface area contributed by atoms with E-state index in [0.717, 1.165) is 79.5 Å². The van der Waals surface area contributed by atoms with Crippen LogP contribution in [-0.4, -0.2) is 62.5 Å². The van der Waals surface area contributed by atoms with E-state index >= 15 is 0 Å². The fraction of sp³-hybridized carbons (Fsp3) is 0.438. The van der Waals surface area contributed by atoms with E-state index in [2.05, 4.69) is 30.6 Å². The first-order valence-electron chi connectivity index (χ1n) is 21.8. The highest BCUT2D eigenvalue weighted by atomic mass is 16.3. The fourth-order valence-electron chi connectivity index (χ4n) is 13.2. The molecule has 2 amide bonds. The zero-order valence-corrected chi connectivity index (χ0v) is 33.6. The van der Waals surface area contributed by atoms with Crippen LogP contribution in [0.2, 0.25) is 0 Å². The van der Waals surface area contributed by atoms with Gasteiger partial charge in [-0.05, 0) is 155 Å². The van der Waals surface area contributed by atoms with Gasteiger partial charge in [-0.1, -0.05) is 18.2 Å². The maximum absolute atomic E-state index is 13.4. The number of carbonyl (C=O) groups is 3. The van der Waals surface area contributed by atoms with E-state index in [1.807, 2.05) is 53.1 Å². The summed E-state index contributed by atoms with van der Waals surface area (Å²) in [5.41, 5.74) is 3.05. The van der Waals surface area contributed by atoms with Crippen molar-refractivity contribution in [3.8, 4) is 0 Å². The number of nitrogens with zero attached hydrogens (tertiary/aromatic N) is 6. The topological polar surface area (TPSA) is 156 Å². The molecule has 3 N–H and O–H groups in total. The highest BCUT2D eigenvalue weighted by Gasteiger charge is 2.53. The van der Waals surface area contributed by atoms with Crippen molar-refractivity contribution in [3.63, 3.8) is 0 Å². The first-order chi connectivity index (χ1) is 29.2. The highest BCUT2D eigenvalue weighted by molar-refractivity contribution is 6.09. The third-order valence-electron chi connectivity index (χ3n) is 14.8. The van der Waals surface area contributed by atoms with E-state index in [-0.39, 0.29) is 34.5 Å². The first-order valence-corrected chi connectivity index (χ1v) is 21.8. The van der Waals surface area contributed by atoms with Gasteiger partial charge in [0, 0.05) is 59.4 Å². The van der Waals surface area contributed by atoms with Crippen molar-refractivity contribution in [2.24, 2.45) is 35.5 Å². The monoisotopic (exact) mass is 802 g/mol. The summed E-state index contributed by atoms with van der Waals surface area (Å²) in [5.74, 6) is 4.70. The Bertz CT molecular complexity index is 2550. The van der Waals surface area contributed by atoms with Gasteiger partial charge in [0.25, 0.3) is 11.8 Å². The van der Waals surface area contributed by atoms with Crippen LogP contribution >= 0.6 is 0 Å². The van der Waals surface area contributed by atoms with E-state index < -0.39 is 6.10 Å². The van der Waals surface area contributed by atoms with Crippen molar-refractivity contribution in [3.05, 3.63) is 132 Å². The molecular weight excluding hydrogens is 753 g/mol. The predicted octanol–water partition coefficient (Wildman–Crippen LogP) is 7.17. The number of hydrogen-bond acceptors (Lipinski definition) is 8. The Hall–Kier alpha value is -5.75. The molecule has 12 nitrogen and oxygen atoms in total. The lowest BCUT2D eigenvalue weighted by atomic mass is 9.53. The number of aromatic nitrogens is 6. The Kier molecular flexibility index (Phi) is 8.98. The summed E-state index contributed by atoms with van der Waals surface area (Å²) in [6, 6.07) is 18.3. The van der Waals surface area contributed by atoms with E-state index in [1.54, 1.807) is 47.4 Å². The molecule has 0 aromatic carbocycles. The number of fused-ring (bicyclic) bond motifs is 2. The second-order valence-electron chi connectivity index (χ2n) is 19.1. The minimum Gasteiger partial charge on any atom is -0.380 e. The number of rotatable bonds is 8. The zero-order valence-electron chi connectivity index (χ0n) is 33.6. The maximum Gasteiger partial charge on any atom is 0.272 e. The van der Waals surface area contributed by atoms with Gasteiger partial charge in [-0.25, -0.2) is 9.97 Å². The number of hydrogen-bond donors (Lipinski definition) is 3. The molecule has 60 heavy (non-hydrogen) atoms. The number of aliphatic hydroxyl groups excluding tert-OH is 1. The molecule has 8 aliphatic carbocycles. The van der Waals surface area contributed by atoms with Crippen LogP contribution in [0.3, 0.4) is 0 Å². The molecule has 8 aliphatic rings. The molecule has 12 heteroatoms. The van der Waals surface area contributed by atoms with Gasteiger partial charge in [0.1, 0.15) is 11.9 Å². The number of ketones is 1. The van der Waals surface area contributed by atoms with Gasteiger partial charge < -0.3 is 20.1 Å². The van der Waals surface area contributed by atoms with Gasteiger partial charge in [-0.2, -0.15) is 0 Å². The smallest absolute Gasteiger partial charge is 0.272 e. The molecule has 0 aliphatic heterocycles. The lowest BCUT2D eigenvalue weighted by molar-refractivity contribution is -0.0171. The molecule has 306 valence electrons. The van der Waals surface area contributed by atoms with Crippen molar-refractivity contribution in [2.45, 2.75) is 94.2 Å². The van der Waals surface area contributed by atoms with Crippen LogP contribution in [0.5, 0.6) is 0 Å². The van der Waals surface area contributed by atoms with Crippen LogP contribution in [0.1, 0.15) is 132 Å². The van der Waals surface area contributed by atoms with Gasteiger partial charge in [-0.3, -0.25) is 28.8 Å². The molecule has 6 aromatic heterocycles. The molecule has 8 bridgehead atoms. The number of nitrogens with one attached hydrogen (secondary N) is 2. The lowest BCUT2D eigenvalue weighted by Gasteiger charge is -2.56. The minimum absolute atomic E-state index is 0.0708. The molecule has 6 aromatic rings. The largest absolute Gasteiger partial charge is 0.380 e. The summed E-state index contributed by atoms with van der Waals surface area (Å²) >= 11 is 0. The molecule has 1 unspecified atom stereocenters. The van der Waals surface area contributed by atoms with Gasteiger partial charge in [-0.15, -0.1) is 0 Å².